The number of hydrogen-bond donors (Lipinski definition) is 0. The van der Waals surface area contributed by atoms with E-state index in [4.69, 9.17) is 32.7 Å². The quantitative estimate of drug-likeness (QED) is 0.341. The molecular formula is C24H25Cl2NO3. The van der Waals surface area contributed by atoms with E-state index in [9.17, 15) is 4.79 Å². The molecule has 30 heavy (non-hydrogen) atoms. The van der Waals surface area contributed by atoms with E-state index >= 15 is 0 Å². The van der Waals surface area contributed by atoms with Crippen molar-refractivity contribution in [3.05, 3.63) is 98.4 Å². The zero-order valence-electron chi connectivity index (χ0n) is 16.7. The van der Waals surface area contributed by atoms with Crippen molar-refractivity contribution < 1.29 is 9.47 Å². The molecule has 2 aromatic carbocycles. The summed E-state index contributed by atoms with van der Waals surface area (Å²) >= 11 is 12.1. The molecule has 6 heteroatoms. The maximum Gasteiger partial charge on any atom is 0.254 e. The SMILES string of the molecule is O=c1cc(OCCCCCOCc2ccccc2)ccn1Cc1ccc(Cl)cc1Cl. The van der Waals surface area contributed by atoms with Gasteiger partial charge in [-0.2, -0.15) is 0 Å². The van der Waals surface area contributed by atoms with Gasteiger partial charge >= 0.3 is 0 Å². The molecule has 0 bridgehead atoms. The van der Waals surface area contributed by atoms with Gasteiger partial charge in [0.2, 0.25) is 0 Å². The predicted octanol–water partition coefficient (Wildman–Crippen LogP) is 5.97. The summed E-state index contributed by atoms with van der Waals surface area (Å²) in [6, 6.07) is 18.7. The Bertz CT molecular complexity index is 989. The average molecular weight is 446 g/mol. The van der Waals surface area contributed by atoms with Gasteiger partial charge in [0, 0.05) is 28.9 Å². The normalized spacial score (nSPS) is 10.9. The van der Waals surface area contributed by atoms with E-state index < -0.39 is 0 Å². The molecular weight excluding hydrogens is 421 g/mol. The van der Waals surface area contributed by atoms with Gasteiger partial charge in [0.05, 0.1) is 19.8 Å². The van der Waals surface area contributed by atoms with E-state index in [1.165, 1.54) is 11.6 Å². The molecule has 0 spiro atoms. The molecule has 1 heterocycles. The second-order valence-corrected chi connectivity index (χ2v) is 7.86. The molecule has 4 nitrogen and oxygen atoms in total. The van der Waals surface area contributed by atoms with Crippen molar-refractivity contribution in [2.75, 3.05) is 13.2 Å². The van der Waals surface area contributed by atoms with Crippen LogP contribution in [0.5, 0.6) is 5.75 Å². The first kappa shape index (κ1) is 22.4. The summed E-state index contributed by atoms with van der Waals surface area (Å²) in [4.78, 5) is 12.3. The molecule has 0 amide bonds. The van der Waals surface area contributed by atoms with Crippen LogP contribution in [0, 0.1) is 0 Å². The van der Waals surface area contributed by atoms with Crippen LogP contribution in [0.1, 0.15) is 30.4 Å². The molecule has 0 atom stereocenters. The Kier molecular flexibility index (Phi) is 8.81. The Morgan fingerprint density at radius 3 is 2.43 bits per heavy atom. The number of ether oxygens (including phenoxy) is 2. The molecule has 0 unspecified atom stereocenters. The topological polar surface area (TPSA) is 40.5 Å². The van der Waals surface area contributed by atoms with Crippen molar-refractivity contribution in [1.82, 2.24) is 4.57 Å². The van der Waals surface area contributed by atoms with Crippen molar-refractivity contribution in [3.63, 3.8) is 0 Å². The number of rotatable bonds is 11. The first-order chi connectivity index (χ1) is 14.6. The Labute approximate surface area is 187 Å². The van der Waals surface area contributed by atoms with Crippen LogP contribution in [0.15, 0.2) is 71.7 Å². The number of pyridine rings is 1. The molecule has 0 aliphatic rings. The molecule has 0 fully saturated rings. The Morgan fingerprint density at radius 1 is 0.867 bits per heavy atom. The number of halogens is 2. The Balaban J connectivity index is 1.35. The van der Waals surface area contributed by atoms with Crippen molar-refractivity contribution in [1.29, 1.82) is 0 Å². The van der Waals surface area contributed by atoms with Gasteiger partial charge in [0.25, 0.3) is 5.56 Å². The summed E-state index contributed by atoms with van der Waals surface area (Å²) in [7, 11) is 0. The van der Waals surface area contributed by atoms with Gasteiger partial charge < -0.3 is 14.0 Å². The lowest BCUT2D eigenvalue weighted by Gasteiger charge is -2.10. The van der Waals surface area contributed by atoms with Crippen LogP contribution in [-0.2, 0) is 17.9 Å². The number of hydrogen-bond acceptors (Lipinski definition) is 3. The lowest BCUT2D eigenvalue weighted by molar-refractivity contribution is 0.116. The molecule has 0 aliphatic heterocycles. The lowest BCUT2D eigenvalue weighted by atomic mass is 10.2. The van der Waals surface area contributed by atoms with Gasteiger partial charge in [-0.3, -0.25) is 4.79 Å². The number of benzene rings is 2. The Hall–Kier alpha value is -2.27. The second-order valence-electron chi connectivity index (χ2n) is 7.01. The second kappa shape index (κ2) is 11.8. The monoisotopic (exact) mass is 445 g/mol. The third-order valence-corrected chi connectivity index (χ3v) is 5.22. The minimum absolute atomic E-state index is 0.132. The van der Waals surface area contributed by atoms with Crippen molar-refractivity contribution >= 4 is 23.2 Å². The van der Waals surface area contributed by atoms with Gasteiger partial charge in [-0.15, -0.1) is 0 Å². The van der Waals surface area contributed by atoms with Crippen LogP contribution in [0.3, 0.4) is 0 Å². The number of nitrogens with zero attached hydrogens (tertiary/aromatic N) is 1. The third kappa shape index (κ3) is 7.21. The third-order valence-electron chi connectivity index (χ3n) is 4.64. The van der Waals surface area contributed by atoms with Crippen LogP contribution in [0.4, 0.5) is 0 Å². The summed E-state index contributed by atoms with van der Waals surface area (Å²) in [5.41, 5.74) is 1.90. The molecule has 0 aliphatic carbocycles. The predicted molar refractivity (Wildman–Crippen MR) is 122 cm³/mol. The molecule has 0 N–H and O–H groups in total. The minimum Gasteiger partial charge on any atom is -0.493 e. The zero-order chi connectivity index (χ0) is 21.2. The Morgan fingerprint density at radius 2 is 1.67 bits per heavy atom. The van der Waals surface area contributed by atoms with E-state index in [0.29, 0.717) is 35.6 Å². The van der Waals surface area contributed by atoms with Crippen LogP contribution >= 0.6 is 23.2 Å². The molecule has 0 saturated carbocycles. The average Bonchev–Trinajstić information content (AvgIpc) is 2.74. The van der Waals surface area contributed by atoms with Gasteiger partial charge in [0.15, 0.2) is 0 Å². The van der Waals surface area contributed by atoms with Gasteiger partial charge in [-0.05, 0) is 48.6 Å². The van der Waals surface area contributed by atoms with E-state index in [2.05, 4.69) is 12.1 Å². The summed E-state index contributed by atoms with van der Waals surface area (Å²) in [6.07, 6.45) is 4.64. The highest BCUT2D eigenvalue weighted by atomic mass is 35.5. The smallest absolute Gasteiger partial charge is 0.254 e. The lowest BCUT2D eigenvalue weighted by Crippen LogP contribution is -2.19. The fourth-order valence-electron chi connectivity index (χ4n) is 2.98. The minimum atomic E-state index is -0.132. The zero-order valence-corrected chi connectivity index (χ0v) is 18.2. The van der Waals surface area contributed by atoms with Gasteiger partial charge in [-0.25, -0.2) is 0 Å². The van der Waals surface area contributed by atoms with Crippen LogP contribution in [0.25, 0.3) is 0 Å². The number of unbranched alkanes of at least 4 members (excludes halogenated alkanes) is 2. The van der Waals surface area contributed by atoms with Crippen LogP contribution < -0.4 is 10.3 Å². The molecule has 0 saturated heterocycles. The summed E-state index contributed by atoms with van der Waals surface area (Å²) in [5.74, 6) is 0.582. The van der Waals surface area contributed by atoms with E-state index in [1.54, 1.807) is 29.0 Å². The highest BCUT2D eigenvalue weighted by Gasteiger charge is 2.05. The highest BCUT2D eigenvalue weighted by molar-refractivity contribution is 6.35. The first-order valence-corrected chi connectivity index (χ1v) is 10.8. The fraction of sp³-hybridized carbons (Fsp3) is 0.292. The van der Waals surface area contributed by atoms with Gasteiger partial charge in [0.1, 0.15) is 5.75 Å². The molecule has 3 rings (SSSR count). The standard InChI is InChI=1S/C24H25Cl2NO3/c25-21-10-9-20(23(26)15-21)17-27-12-11-22(16-24(27)28)30-14-6-2-5-13-29-18-19-7-3-1-4-8-19/h1,3-4,7-12,15-16H,2,5-6,13-14,17-18H2. The number of aromatic nitrogens is 1. The van der Waals surface area contributed by atoms with Crippen molar-refractivity contribution in [3.8, 4) is 5.75 Å². The highest BCUT2D eigenvalue weighted by Crippen LogP contribution is 2.21. The van der Waals surface area contributed by atoms with Crippen LogP contribution in [0.2, 0.25) is 10.0 Å². The molecule has 1 aromatic heterocycles. The summed E-state index contributed by atoms with van der Waals surface area (Å²) in [5, 5.41) is 1.12. The summed E-state index contributed by atoms with van der Waals surface area (Å²) < 4.78 is 13.0. The van der Waals surface area contributed by atoms with Crippen molar-refractivity contribution in [2.45, 2.75) is 32.4 Å². The molecule has 0 radical (unpaired) electrons. The molecule has 3 aromatic rings. The van der Waals surface area contributed by atoms with E-state index in [0.717, 1.165) is 31.4 Å². The van der Waals surface area contributed by atoms with E-state index in [1.807, 2.05) is 24.3 Å². The van der Waals surface area contributed by atoms with E-state index in [-0.39, 0.29) is 5.56 Å². The molecule has 158 valence electrons. The fourth-order valence-corrected chi connectivity index (χ4v) is 3.45. The van der Waals surface area contributed by atoms with Crippen molar-refractivity contribution in [2.24, 2.45) is 0 Å². The maximum atomic E-state index is 12.3. The first-order valence-electron chi connectivity index (χ1n) is 10.0. The maximum absolute atomic E-state index is 12.3. The van der Waals surface area contributed by atoms with Gasteiger partial charge in [-0.1, -0.05) is 59.6 Å². The summed E-state index contributed by atoms with van der Waals surface area (Å²) in [6.45, 7) is 2.34. The van der Waals surface area contributed by atoms with Crippen LogP contribution in [-0.4, -0.2) is 17.8 Å². The largest absolute Gasteiger partial charge is 0.493 e.